The lowest BCUT2D eigenvalue weighted by Gasteiger charge is -2.17. The molecule has 1 unspecified atom stereocenters. The summed E-state index contributed by atoms with van der Waals surface area (Å²) in [5.41, 5.74) is 1.74. The number of rotatable bonds is 6. The van der Waals surface area contributed by atoms with Crippen molar-refractivity contribution in [3.63, 3.8) is 0 Å². The molecule has 1 aromatic carbocycles. The first-order valence-corrected chi connectivity index (χ1v) is 9.57. The summed E-state index contributed by atoms with van der Waals surface area (Å²) in [4.78, 5) is 4.87. The van der Waals surface area contributed by atoms with Crippen molar-refractivity contribution in [2.24, 2.45) is 4.99 Å². The first kappa shape index (κ1) is 18.9. The van der Waals surface area contributed by atoms with Crippen LogP contribution in [0.1, 0.15) is 38.2 Å². The Morgan fingerprint density at radius 2 is 2.04 bits per heavy atom. The molecular formula is C18H28IN3S. The van der Waals surface area contributed by atoms with Gasteiger partial charge in [-0.1, -0.05) is 30.3 Å². The molecule has 2 fully saturated rings. The maximum Gasteiger partial charge on any atom is 0.191 e. The first-order valence-electron chi connectivity index (χ1n) is 8.52. The van der Waals surface area contributed by atoms with Gasteiger partial charge in [-0.2, -0.15) is 11.8 Å². The average molecular weight is 445 g/mol. The van der Waals surface area contributed by atoms with Crippen molar-refractivity contribution >= 4 is 41.7 Å². The highest BCUT2D eigenvalue weighted by molar-refractivity contribution is 14.0. The predicted molar refractivity (Wildman–Crippen MR) is 112 cm³/mol. The molecule has 2 N–H and O–H groups in total. The Labute approximate surface area is 161 Å². The van der Waals surface area contributed by atoms with E-state index in [4.69, 9.17) is 4.99 Å². The standard InChI is InChI=1S/C18H27N3S.HI/c1-2-19-17(20-13-16-9-6-12-22-16)21-14-18(10-11-18)15-7-4-3-5-8-15;/h3-5,7-8,16H,2,6,9-14H2,1H3,(H2,19,20,21);1H. The molecule has 1 atom stereocenters. The van der Waals surface area contributed by atoms with Gasteiger partial charge in [0.15, 0.2) is 5.96 Å². The number of hydrogen-bond acceptors (Lipinski definition) is 2. The van der Waals surface area contributed by atoms with Crippen LogP contribution in [0.25, 0.3) is 0 Å². The zero-order valence-corrected chi connectivity index (χ0v) is 17.0. The number of thioether (sulfide) groups is 1. The molecule has 2 aliphatic rings. The molecule has 0 aromatic heterocycles. The van der Waals surface area contributed by atoms with Gasteiger partial charge in [0, 0.05) is 23.8 Å². The van der Waals surface area contributed by atoms with Gasteiger partial charge in [0.2, 0.25) is 0 Å². The third-order valence-electron chi connectivity index (χ3n) is 4.64. The van der Waals surface area contributed by atoms with Crippen LogP contribution >= 0.6 is 35.7 Å². The van der Waals surface area contributed by atoms with E-state index >= 15 is 0 Å². The predicted octanol–water partition coefficient (Wildman–Crippen LogP) is 3.79. The lowest BCUT2D eigenvalue weighted by atomic mass is 9.96. The highest BCUT2D eigenvalue weighted by atomic mass is 127. The summed E-state index contributed by atoms with van der Waals surface area (Å²) in [6, 6.07) is 10.9. The van der Waals surface area contributed by atoms with Crippen LogP contribution in [-0.4, -0.2) is 36.6 Å². The number of halogens is 1. The smallest absolute Gasteiger partial charge is 0.191 e. The maximum absolute atomic E-state index is 4.87. The van der Waals surface area contributed by atoms with Gasteiger partial charge in [0.1, 0.15) is 0 Å². The second-order valence-electron chi connectivity index (χ2n) is 6.36. The minimum atomic E-state index is 0. The van der Waals surface area contributed by atoms with E-state index in [9.17, 15) is 0 Å². The molecule has 128 valence electrons. The average Bonchev–Trinajstić information content (AvgIpc) is 3.17. The zero-order chi connectivity index (χ0) is 15.3. The normalized spacial score (nSPS) is 22.3. The summed E-state index contributed by atoms with van der Waals surface area (Å²) in [5, 5.41) is 7.68. The molecule has 1 saturated carbocycles. The van der Waals surface area contributed by atoms with Crippen LogP contribution in [0.4, 0.5) is 0 Å². The van der Waals surface area contributed by atoms with Crippen LogP contribution in [0.15, 0.2) is 35.3 Å². The summed E-state index contributed by atoms with van der Waals surface area (Å²) < 4.78 is 0. The van der Waals surface area contributed by atoms with Crippen LogP contribution in [0.5, 0.6) is 0 Å². The van der Waals surface area contributed by atoms with E-state index in [2.05, 4.69) is 59.7 Å². The fourth-order valence-electron chi connectivity index (χ4n) is 3.07. The molecule has 1 heterocycles. The van der Waals surface area contributed by atoms with Gasteiger partial charge in [-0.25, -0.2) is 0 Å². The van der Waals surface area contributed by atoms with Crippen LogP contribution in [-0.2, 0) is 5.41 Å². The number of aliphatic imine (C=N–C) groups is 1. The van der Waals surface area contributed by atoms with E-state index < -0.39 is 0 Å². The molecule has 5 heteroatoms. The highest BCUT2D eigenvalue weighted by Gasteiger charge is 2.43. The summed E-state index contributed by atoms with van der Waals surface area (Å²) >= 11 is 2.09. The fraction of sp³-hybridized carbons (Fsp3) is 0.611. The van der Waals surface area contributed by atoms with Gasteiger partial charge in [-0.3, -0.25) is 4.99 Å². The van der Waals surface area contributed by atoms with E-state index in [1.54, 1.807) is 0 Å². The second kappa shape index (κ2) is 9.16. The number of guanidine groups is 1. The minimum Gasteiger partial charge on any atom is -0.357 e. The molecule has 3 nitrogen and oxygen atoms in total. The molecule has 1 saturated heterocycles. The van der Waals surface area contributed by atoms with E-state index in [1.807, 2.05) is 0 Å². The molecule has 0 amide bonds. The monoisotopic (exact) mass is 445 g/mol. The molecule has 0 bridgehead atoms. The third-order valence-corrected chi connectivity index (χ3v) is 6.04. The van der Waals surface area contributed by atoms with Crippen molar-refractivity contribution in [3.8, 4) is 0 Å². The maximum atomic E-state index is 4.87. The Bertz CT molecular complexity index is 496. The number of nitrogens with zero attached hydrogens (tertiary/aromatic N) is 1. The number of benzene rings is 1. The van der Waals surface area contributed by atoms with Crippen molar-refractivity contribution in [1.29, 1.82) is 0 Å². The molecule has 0 radical (unpaired) electrons. The topological polar surface area (TPSA) is 36.4 Å². The Morgan fingerprint density at radius 3 is 2.65 bits per heavy atom. The lowest BCUT2D eigenvalue weighted by molar-refractivity contribution is 0.685. The molecule has 1 aliphatic carbocycles. The summed E-state index contributed by atoms with van der Waals surface area (Å²) in [5.74, 6) is 2.30. The van der Waals surface area contributed by atoms with Crippen LogP contribution < -0.4 is 10.6 Å². The van der Waals surface area contributed by atoms with Gasteiger partial charge in [0.25, 0.3) is 0 Å². The molecule has 3 rings (SSSR count). The lowest BCUT2D eigenvalue weighted by Crippen LogP contribution is -2.40. The van der Waals surface area contributed by atoms with E-state index in [0.717, 1.165) is 30.8 Å². The van der Waals surface area contributed by atoms with Crippen molar-refractivity contribution < 1.29 is 0 Å². The third kappa shape index (κ3) is 5.28. The van der Waals surface area contributed by atoms with Gasteiger partial charge in [0.05, 0.1) is 6.54 Å². The summed E-state index contributed by atoms with van der Waals surface area (Å²) in [6.07, 6.45) is 5.23. The van der Waals surface area contributed by atoms with Gasteiger partial charge < -0.3 is 10.6 Å². The van der Waals surface area contributed by atoms with E-state index in [1.165, 1.54) is 37.0 Å². The fourth-order valence-corrected chi connectivity index (χ4v) is 4.27. The summed E-state index contributed by atoms with van der Waals surface area (Å²) in [7, 11) is 0. The largest absolute Gasteiger partial charge is 0.357 e. The zero-order valence-electron chi connectivity index (χ0n) is 13.9. The number of hydrogen-bond donors (Lipinski definition) is 2. The van der Waals surface area contributed by atoms with Gasteiger partial charge in [-0.05, 0) is 43.9 Å². The SMILES string of the molecule is CCNC(=NCC1(c2ccccc2)CC1)NCC1CCCS1.I. The van der Waals surface area contributed by atoms with Crippen molar-refractivity contribution in [2.45, 2.75) is 43.3 Å². The van der Waals surface area contributed by atoms with E-state index in [-0.39, 0.29) is 24.0 Å². The molecule has 1 aliphatic heterocycles. The highest BCUT2D eigenvalue weighted by Crippen LogP contribution is 2.48. The van der Waals surface area contributed by atoms with Crippen molar-refractivity contribution in [3.05, 3.63) is 35.9 Å². The molecule has 1 aromatic rings. The van der Waals surface area contributed by atoms with Gasteiger partial charge in [-0.15, -0.1) is 24.0 Å². The molecule has 0 spiro atoms. The Hall–Kier alpha value is -0.430. The van der Waals surface area contributed by atoms with Crippen molar-refractivity contribution in [2.75, 3.05) is 25.4 Å². The van der Waals surface area contributed by atoms with Crippen molar-refractivity contribution in [1.82, 2.24) is 10.6 Å². The second-order valence-corrected chi connectivity index (χ2v) is 7.77. The van der Waals surface area contributed by atoms with E-state index in [0.29, 0.717) is 5.41 Å². The first-order chi connectivity index (χ1) is 10.8. The Morgan fingerprint density at radius 1 is 1.26 bits per heavy atom. The van der Waals surface area contributed by atoms with Gasteiger partial charge >= 0.3 is 0 Å². The minimum absolute atomic E-state index is 0. The quantitative estimate of drug-likeness (QED) is 0.398. The van der Waals surface area contributed by atoms with Crippen LogP contribution in [0, 0.1) is 0 Å². The molecular weight excluding hydrogens is 417 g/mol. The molecule has 23 heavy (non-hydrogen) atoms. The van der Waals surface area contributed by atoms with Crippen LogP contribution in [0.3, 0.4) is 0 Å². The van der Waals surface area contributed by atoms with Crippen LogP contribution in [0.2, 0.25) is 0 Å². The Kier molecular flexibility index (Phi) is 7.53. The Balaban J connectivity index is 0.00000192. The number of nitrogens with one attached hydrogen (secondary N) is 2. The summed E-state index contributed by atoms with van der Waals surface area (Å²) in [6.45, 7) is 4.98.